The molecule has 0 aliphatic heterocycles. The normalized spacial score (nSPS) is 14.7. The van der Waals surface area contributed by atoms with Gasteiger partial charge in [0, 0.05) is 11.7 Å². The molecule has 1 aliphatic rings. The van der Waals surface area contributed by atoms with E-state index in [-0.39, 0.29) is 11.9 Å². The largest absolute Gasteiger partial charge is 0.348 e. The van der Waals surface area contributed by atoms with Crippen molar-refractivity contribution in [3.05, 3.63) is 47.4 Å². The molecule has 1 aromatic heterocycles. The van der Waals surface area contributed by atoms with Gasteiger partial charge in [0.2, 0.25) is 0 Å². The van der Waals surface area contributed by atoms with Crippen LogP contribution < -0.4 is 10.6 Å². The molecule has 0 radical (unpaired) electrons. The van der Waals surface area contributed by atoms with Gasteiger partial charge in [0.1, 0.15) is 11.5 Å². The van der Waals surface area contributed by atoms with E-state index in [1.54, 1.807) is 6.20 Å². The van der Waals surface area contributed by atoms with Crippen LogP contribution in [0.15, 0.2) is 30.6 Å². The first-order valence-electron chi connectivity index (χ1n) is 8.08. The van der Waals surface area contributed by atoms with Gasteiger partial charge in [0.15, 0.2) is 0 Å². The van der Waals surface area contributed by atoms with Crippen LogP contribution >= 0.6 is 0 Å². The summed E-state index contributed by atoms with van der Waals surface area (Å²) >= 11 is 0. The predicted octanol–water partition coefficient (Wildman–Crippen LogP) is 3.51. The molecular weight excluding hydrogens is 288 g/mol. The van der Waals surface area contributed by atoms with E-state index in [0.717, 1.165) is 18.5 Å². The van der Waals surface area contributed by atoms with E-state index in [1.165, 1.54) is 30.2 Å². The zero-order chi connectivity index (χ0) is 16.2. The summed E-state index contributed by atoms with van der Waals surface area (Å²) < 4.78 is 0. The van der Waals surface area contributed by atoms with Crippen LogP contribution in [0, 0.1) is 13.8 Å². The molecule has 1 fully saturated rings. The molecule has 0 spiro atoms. The third-order valence-electron chi connectivity index (χ3n) is 4.07. The number of nitrogens with one attached hydrogen (secondary N) is 2. The van der Waals surface area contributed by atoms with E-state index in [0.29, 0.717) is 11.5 Å². The molecule has 1 amide bonds. The second-order valence-electron chi connectivity index (χ2n) is 6.24. The molecule has 1 aromatic carbocycles. The summed E-state index contributed by atoms with van der Waals surface area (Å²) in [6, 6.07) is 6.51. The Kier molecular flexibility index (Phi) is 4.55. The number of benzene rings is 1. The summed E-state index contributed by atoms with van der Waals surface area (Å²) in [6.45, 7) is 4.11. The van der Waals surface area contributed by atoms with Gasteiger partial charge in [0.05, 0.1) is 12.4 Å². The number of amides is 1. The fraction of sp³-hybridized carbons (Fsp3) is 0.389. The molecule has 0 bridgehead atoms. The number of nitrogens with zero attached hydrogens (tertiary/aromatic N) is 2. The topological polar surface area (TPSA) is 66.9 Å². The first kappa shape index (κ1) is 15.5. The zero-order valence-electron chi connectivity index (χ0n) is 13.6. The van der Waals surface area contributed by atoms with Crippen LogP contribution in [0.1, 0.15) is 47.3 Å². The molecule has 2 N–H and O–H groups in total. The third-order valence-corrected chi connectivity index (χ3v) is 4.07. The molecule has 120 valence electrons. The molecule has 0 saturated heterocycles. The van der Waals surface area contributed by atoms with Crippen molar-refractivity contribution in [3.8, 4) is 0 Å². The van der Waals surface area contributed by atoms with Gasteiger partial charge in [-0.3, -0.25) is 4.79 Å². The lowest BCUT2D eigenvalue weighted by Crippen LogP contribution is -2.33. The Morgan fingerprint density at radius 2 is 1.74 bits per heavy atom. The lowest BCUT2D eigenvalue weighted by Gasteiger charge is -2.11. The zero-order valence-corrected chi connectivity index (χ0v) is 13.6. The van der Waals surface area contributed by atoms with E-state index in [4.69, 9.17) is 0 Å². The predicted molar refractivity (Wildman–Crippen MR) is 91.0 cm³/mol. The monoisotopic (exact) mass is 310 g/mol. The van der Waals surface area contributed by atoms with Crippen LogP contribution in [0.4, 0.5) is 11.5 Å². The molecule has 0 atom stereocenters. The number of anilines is 2. The number of hydrogen-bond acceptors (Lipinski definition) is 4. The highest BCUT2D eigenvalue weighted by molar-refractivity contribution is 5.92. The number of aromatic nitrogens is 2. The summed E-state index contributed by atoms with van der Waals surface area (Å²) in [5.41, 5.74) is 3.71. The molecule has 5 heteroatoms. The minimum Gasteiger partial charge on any atom is -0.348 e. The van der Waals surface area contributed by atoms with Gasteiger partial charge in [-0.15, -0.1) is 0 Å². The second kappa shape index (κ2) is 6.77. The average Bonchev–Trinajstić information content (AvgIpc) is 3.00. The smallest absolute Gasteiger partial charge is 0.271 e. The summed E-state index contributed by atoms with van der Waals surface area (Å²) in [6.07, 6.45) is 7.62. The van der Waals surface area contributed by atoms with Crippen molar-refractivity contribution in [1.29, 1.82) is 0 Å². The molecule has 1 aliphatic carbocycles. The van der Waals surface area contributed by atoms with Crippen molar-refractivity contribution in [2.75, 3.05) is 5.32 Å². The maximum atomic E-state index is 12.1. The molecular formula is C18H22N4O. The Morgan fingerprint density at radius 1 is 1.04 bits per heavy atom. The Hall–Kier alpha value is -2.43. The summed E-state index contributed by atoms with van der Waals surface area (Å²) in [5, 5.41) is 6.24. The lowest BCUT2D eigenvalue weighted by atomic mass is 10.1. The van der Waals surface area contributed by atoms with Crippen LogP contribution in [0.5, 0.6) is 0 Å². The minimum absolute atomic E-state index is 0.137. The maximum Gasteiger partial charge on any atom is 0.271 e. The summed E-state index contributed by atoms with van der Waals surface area (Å²) in [4.78, 5) is 20.6. The van der Waals surface area contributed by atoms with Crippen molar-refractivity contribution < 1.29 is 4.79 Å². The molecule has 2 aromatic rings. The molecule has 0 unspecified atom stereocenters. The van der Waals surface area contributed by atoms with E-state index in [2.05, 4.69) is 52.6 Å². The van der Waals surface area contributed by atoms with Gasteiger partial charge in [-0.2, -0.15) is 0 Å². The second-order valence-corrected chi connectivity index (χ2v) is 6.24. The van der Waals surface area contributed by atoms with Gasteiger partial charge in [0.25, 0.3) is 5.91 Å². The third kappa shape index (κ3) is 4.06. The van der Waals surface area contributed by atoms with Crippen LogP contribution in [0.25, 0.3) is 0 Å². The molecule has 5 nitrogen and oxygen atoms in total. The van der Waals surface area contributed by atoms with Gasteiger partial charge >= 0.3 is 0 Å². The summed E-state index contributed by atoms with van der Waals surface area (Å²) in [5.74, 6) is 0.495. The Morgan fingerprint density at radius 3 is 2.35 bits per heavy atom. The minimum atomic E-state index is -0.137. The van der Waals surface area contributed by atoms with Gasteiger partial charge < -0.3 is 10.6 Å². The SMILES string of the molecule is Cc1cc(C)cc(Nc2cnc(C(=O)NC3CCCC3)cn2)c1. The summed E-state index contributed by atoms with van der Waals surface area (Å²) in [7, 11) is 0. The quantitative estimate of drug-likeness (QED) is 0.907. The van der Waals surface area contributed by atoms with Crippen molar-refractivity contribution in [2.45, 2.75) is 45.6 Å². The Bertz CT molecular complexity index is 670. The van der Waals surface area contributed by atoms with Crippen molar-refractivity contribution in [3.63, 3.8) is 0 Å². The van der Waals surface area contributed by atoms with Crippen molar-refractivity contribution >= 4 is 17.4 Å². The van der Waals surface area contributed by atoms with Crippen molar-refractivity contribution in [1.82, 2.24) is 15.3 Å². The fourth-order valence-electron chi connectivity index (χ4n) is 3.03. The number of aryl methyl sites for hydroxylation is 2. The van der Waals surface area contributed by atoms with E-state index in [9.17, 15) is 4.79 Å². The Balaban J connectivity index is 1.65. The standard InChI is InChI=1S/C18H22N4O/c1-12-7-13(2)9-15(8-12)21-17-11-19-16(10-20-17)18(23)22-14-5-3-4-6-14/h7-11,14H,3-6H2,1-2H3,(H,20,21)(H,22,23). The molecule has 1 heterocycles. The molecule has 23 heavy (non-hydrogen) atoms. The number of carbonyl (C=O) groups excluding carboxylic acids is 1. The first-order chi connectivity index (χ1) is 11.1. The average molecular weight is 310 g/mol. The van der Waals surface area contributed by atoms with Crippen LogP contribution in [0.2, 0.25) is 0 Å². The van der Waals surface area contributed by atoms with E-state index < -0.39 is 0 Å². The van der Waals surface area contributed by atoms with E-state index in [1.807, 2.05) is 0 Å². The number of carbonyl (C=O) groups is 1. The van der Waals surface area contributed by atoms with Gasteiger partial charge in [-0.05, 0) is 49.9 Å². The molecule has 1 saturated carbocycles. The lowest BCUT2D eigenvalue weighted by molar-refractivity contribution is 0.0932. The number of hydrogen-bond donors (Lipinski definition) is 2. The van der Waals surface area contributed by atoms with E-state index >= 15 is 0 Å². The highest BCUT2D eigenvalue weighted by Gasteiger charge is 2.18. The van der Waals surface area contributed by atoms with Gasteiger partial charge in [-0.1, -0.05) is 18.9 Å². The Labute approximate surface area is 136 Å². The van der Waals surface area contributed by atoms with Crippen LogP contribution in [-0.4, -0.2) is 21.9 Å². The van der Waals surface area contributed by atoms with Crippen LogP contribution in [0.3, 0.4) is 0 Å². The highest BCUT2D eigenvalue weighted by Crippen LogP contribution is 2.19. The van der Waals surface area contributed by atoms with Crippen molar-refractivity contribution in [2.24, 2.45) is 0 Å². The number of rotatable bonds is 4. The fourth-order valence-corrected chi connectivity index (χ4v) is 3.03. The first-order valence-corrected chi connectivity index (χ1v) is 8.08. The van der Waals surface area contributed by atoms with Crippen LogP contribution in [-0.2, 0) is 0 Å². The molecule has 3 rings (SSSR count). The maximum absolute atomic E-state index is 12.1. The van der Waals surface area contributed by atoms with Gasteiger partial charge in [-0.25, -0.2) is 9.97 Å². The highest BCUT2D eigenvalue weighted by atomic mass is 16.1.